The lowest BCUT2D eigenvalue weighted by molar-refractivity contribution is 0.102. The second kappa shape index (κ2) is 9.22. The molecule has 0 aliphatic carbocycles. The second-order valence-electron chi connectivity index (χ2n) is 9.03. The standard InChI is InChI=1S/C25H28N6OS2/c1-29-9-11-30(12-10-29)15-22-27-19-5-4-17(14-20(19)28-22)26-24(32)23-18-6-13-33-16-21(18)34-25(23)31-7-2-3-8-31/h2-5,7-8,14H,6,9-13,15-16H2,1H3,(H,26,32)(H,27,28). The summed E-state index contributed by atoms with van der Waals surface area (Å²) in [6.07, 6.45) is 4.97. The van der Waals surface area contributed by atoms with Crippen LogP contribution in [0, 0.1) is 0 Å². The minimum Gasteiger partial charge on any atom is -0.341 e. The monoisotopic (exact) mass is 492 g/mol. The van der Waals surface area contributed by atoms with Gasteiger partial charge in [-0.3, -0.25) is 9.69 Å². The van der Waals surface area contributed by atoms with Crippen molar-refractivity contribution in [2.75, 3.05) is 44.3 Å². The zero-order valence-electron chi connectivity index (χ0n) is 19.2. The Morgan fingerprint density at radius 2 is 2.00 bits per heavy atom. The maximum Gasteiger partial charge on any atom is 0.258 e. The number of carbonyl (C=O) groups excluding carboxylic acids is 1. The van der Waals surface area contributed by atoms with E-state index in [1.807, 2.05) is 54.5 Å². The van der Waals surface area contributed by atoms with Crippen molar-refractivity contribution >= 4 is 45.7 Å². The van der Waals surface area contributed by atoms with E-state index in [-0.39, 0.29) is 5.91 Å². The lowest BCUT2D eigenvalue weighted by Crippen LogP contribution is -2.44. The number of piperazine rings is 1. The summed E-state index contributed by atoms with van der Waals surface area (Å²) >= 11 is 3.68. The highest BCUT2D eigenvalue weighted by atomic mass is 32.2. The number of H-pyrrole nitrogens is 1. The molecule has 5 heterocycles. The predicted molar refractivity (Wildman–Crippen MR) is 140 cm³/mol. The number of likely N-dealkylation sites (N-methyl/N-ethyl adjacent to an activating group) is 1. The van der Waals surface area contributed by atoms with Crippen molar-refractivity contribution in [1.82, 2.24) is 24.3 Å². The van der Waals surface area contributed by atoms with Gasteiger partial charge in [-0.2, -0.15) is 11.8 Å². The molecule has 34 heavy (non-hydrogen) atoms. The van der Waals surface area contributed by atoms with Crippen molar-refractivity contribution < 1.29 is 4.79 Å². The van der Waals surface area contributed by atoms with Crippen LogP contribution < -0.4 is 5.32 Å². The molecule has 1 aromatic carbocycles. The Labute approximate surface area is 207 Å². The molecule has 0 radical (unpaired) electrons. The molecule has 9 heteroatoms. The summed E-state index contributed by atoms with van der Waals surface area (Å²) in [5, 5.41) is 4.17. The van der Waals surface area contributed by atoms with Crippen molar-refractivity contribution in [3.8, 4) is 5.00 Å². The number of nitrogens with zero attached hydrogens (tertiary/aromatic N) is 4. The molecule has 4 aromatic rings. The van der Waals surface area contributed by atoms with Crippen LogP contribution in [0.15, 0.2) is 42.7 Å². The van der Waals surface area contributed by atoms with E-state index in [1.54, 1.807) is 11.3 Å². The molecule has 0 saturated carbocycles. The Morgan fingerprint density at radius 3 is 2.82 bits per heavy atom. The van der Waals surface area contributed by atoms with E-state index in [9.17, 15) is 4.79 Å². The van der Waals surface area contributed by atoms with Crippen molar-refractivity contribution in [3.63, 3.8) is 0 Å². The van der Waals surface area contributed by atoms with Crippen LogP contribution in [0.1, 0.15) is 26.6 Å². The first-order chi connectivity index (χ1) is 16.6. The molecule has 176 valence electrons. The molecule has 2 aliphatic rings. The van der Waals surface area contributed by atoms with E-state index in [2.05, 4.69) is 31.7 Å². The molecule has 0 unspecified atom stereocenters. The number of nitrogens with one attached hydrogen (secondary N) is 2. The zero-order chi connectivity index (χ0) is 23.1. The minimum atomic E-state index is -0.0374. The number of aromatic nitrogens is 3. The van der Waals surface area contributed by atoms with Crippen molar-refractivity contribution in [3.05, 3.63) is 64.6 Å². The van der Waals surface area contributed by atoms with Gasteiger partial charge >= 0.3 is 0 Å². The van der Waals surface area contributed by atoms with Crippen LogP contribution in [0.2, 0.25) is 0 Å². The molecule has 2 aliphatic heterocycles. The van der Waals surface area contributed by atoms with Crippen molar-refractivity contribution in [1.29, 1.82) is 0 Å². The normalized spacial score (nSPS) is 17.2. The van der Waals surface area contributed by atoms with E-state index in [0.29, 0.717) is 0 Å². The van der Waals surface area contributed by atoms with Crippen molar-refractivity contribution in [2.24, 2.45) is 0 Å². The summed E-state index contributed by atoms with van der Waals surface area (Å²) in [4.78, 5) is 27.9. The van der Waals surface area contributed by atoms with E-state index in [4.69, 9.17) is 4.98 Å². The fourth-order valence-corrected chi connectivity index (χ4v) is 7.17. The SMILES string of the molecule is CN1CCN(Cc2nc3ccc(NC(=O)c4c(-n5cccc5)sc5c4CCSC5)cc3[nH]2)CC1. The number of imidazole rings is 1. The number of anilines is 1. The Morgan fingerprint density at radius 1 is 1.18 bits per heavy atom. The Hall–Kier alpha value is -2.59. The van der Waals surface area contributed by atoms with Crippen LogP contribution >= 0.6 is 23.1 Å². The van der Waals surface area contributed by atoms with Gasteiger partial charge in [0, 0.05) is 54.9 Å². The number of aromatic amines is 1. The Bertz CT molecular complexity index is 1320. The largest absolute Gasteiger partial charge is 0.341 e. The van der Waals surface area contributed by atoms with Gasteiger partial charge in [-0.25, -0.2) is 4.98 Å². The van der Waals surface area contributed by atoms with E-state index in [1.165, 1.54) is 10.4 Å². The summed E-state index contributed by atoms with van der Waals surface area (Å²) in [7, 11) is 2.17. The lowest BCUT2D eigenvalue weighted by Gasteiger charge is -2.31. The molecule has 3 aromatic heterocycles. The average molecular weight is 493 g/mol. The molecule has 7 nitrogen and oxygen atoms in total. The van der Waals surface area contributed by atoms with E-state index in [0.717, 1.165) is 83.8 Å². The van der Waals surface area contributed by atoms with Gasteiger partial charge in [0.25, 0.3) is 5.91 Å². The van der Waals surface area contributed by atoms with E-state index >= 15 is 0 Å². The van der Waals surface area contributed by atoms with Gasteiger partial charge in [-0.15, -0.1) is 11.3 Å². The van der Waals surface area contributed by atoms with Gasteiger partial charge in [0.2, 0.25) is 0 Å². The number of carbonyl (C=O) groups is 1. The highest BCUT2D eigenvalue weighted by Gasteiger charge is 2.26. The first-order valence-electron chi connectivity index (χ1n) is 11.7. The number of amides is 1. The van der Waals surface area contributed by atoms with Gasteiger partial charge in [-0.05, 0) is 55.1 Å². The third-order valence-corrected chi connectivity index (χ3v) is 9.04. The number of fused-ring (bicyclic) bond motifs is 2. The minimum absolute atomic E-state index is 0.0374. The maximum absolute atomic E-state index is 13.5. The molecular formula is C25H28N6OS2. The van der Waals surface area contributed by atoms with Gasteiger partial charge in [-0.1, -0.05) is 0 Å². The van der Waals surface area contributed by atoms with Crippen LogP contribution in [0.25, 0.3) is 16.0 Å². The summed E-state index contributed by atoms with van der Waals surface area (Å²) in [5.74, 6) is 2.98. The quantitative estimate of drug-likeness (QED) is 0.437. The first-order valence-corrected chi connectivity index (χ1v) is 13.7. The molecular weight excluding hydrogens is 464 g/mol. The van der Waals surface area contributed by atoms with Gasteiger partial charge in [0.1, 0.15) is 10.8 Å². The topological polar surface area (TPSA) is 69.2 Å². The van der Waals surface area contributed by atoms with Gasteiger partial charge in [0.15, 0.2) is 0 Å². The number of hydrogen-bond acceptors (Lipinski definition) is 6. The smallest absolute Gasteiger partial charge is 0.258 e. The van der Waals surface area contributed by atoms with Crippen LogP contribution in [0.5, 0.6) is 0 Å². The molecule has 0 atom stereocenters. The fraction of sp³-hybridized carbons (Fsp3) is 0.360. The van der Waals surface area contributed by atoms with Gasteiger partial charge < -0.3 is 19.8 Å². The van der Waals surface area contributed by atoms with Crippen LogP contribution in [0.3, 0.4) is 0 Å². The summed E-state index contributed by atoms with van der Waals surface area (Å²) in [5.41, 5.74) is 4.70. The molecule has 1 fully saturated rings. The molecule has 6 rings (SSSR count). The molecule has 2 N–H and O–H groups in total. The molecule has 0 spiro atoms. The molecule has 1 saturated heterocycles. The molecule has 0 bridgehead atoms. The maximum atomic E-state index is 13.5. The fourth-order valence-electron chi connectivity index (χ4n) is 4.73. The molecule has 1 amide bonds. The summed E-state index contributed by atoms with van der Waals surface area (Å²) in [6.45, 7) is 5.12. The predicted octanol–water partition coefficient (Wildman–Crippen LogP) is 4.20. The highest BCUT2D eigenvalue weighted by molar-refractivity contribution is 7.98. The average Bonchev–Trinajstić information content (AvgIpc) is 3.58. The Kier molecular flexibility index (Phi) is 5.94. The van der Waals surface area contributed by atoms with Gasteiger partial charge in [0.05, 0.1) is 23.1 Å². The number of benzene rings is 1. The van der Waals surface area contributed by atoms with Crippen LogP contribution in [-0.4, -0.2) is 69.2 Å². The third kappa shape index (κ3) is 4.29. The zero-order valence-corrected chi connectivity index (χ0v) is 20.8. The number of thioether (sulfide) groups is 1. The van der Waals surface area contributed by atoms with Crippen LogP contribution in [0.4, 0.5) is 5.69 Å². The highest BCUT2D eigenvalue weighted by Crippen LogP contribution is 2.38. The number of thiophene rings is 1. The summed E-state index contributed by atoms with van der Waals surface area (Å²) < 4.78 is 2.06. The van der Waals surface area contributed by atoms with E-state index < -0.39 is 0 Å². The van der Waals surface area contributed by atoms with Crippen LogP contribution in [-0.2, 0) is 18.7 Å². The number of rotatable bonds is 5. The lowest BCUT2D eigenvalue weighted by atomic mass is 10.1. The van der Waals surface area contributed by atoms with Crippen molar-refractivity contribution in [2.45, 2.75) is 18.7 Å². The second-order valence-corrected chi connectivity index (χ2v) is 11.2. The Balaban J connectivity index is 1.24. The third-order valence-electron chi connectivity index (χ3n) is 6.63. The first kappa shape index (κ1) is 21.9. The summed E-state index contributed by atoms with van der Waals surface area (Å²) in [6, 6.07) is 9.94. The number of hydrogen-bond donors (Lipinski definition) is 2.